The lowest BCUT2D eigenvalue weighted by atomic mass is 10.5. The quantitative estimate of drug-likeness (QED) is 0.569. The van der Waals surface area contributed by atoms with Crippen LogP contribution in [0.2, 0.25) is 0 Å². The Hall–Kier alpha value is -1.10. The predicted molar refractivity (Wildman–Crippen MR) is 48.1 cm³/mol. The SMILES string of the molecule is NC(N1C=NCC1)N1C=NCC1. The summed E-state index contributed by atoms with van der Waals surface area (Å²) < 4.78 is 0. The Morgan fingerprint density at radius 2 is 1.58 bits per heavy atom. The first-order valence-corrected chi connectivity index (χ1v) is 4.15. The molecule has 0 bridgehead atoms. The summed E-state index contributed by atoms with van der Waals surface area (Å²) in [4.78, 5) is 12.3. The molecule has 0 aromatic carbocycles. The molecule has 0 radical (unpaired) electrons. The van der Waals surface area contributed by atoms with E-state index in [0.29, 0.717) is 0 Å². The lowest BCUT2D eigenvalue weighted by Crippen LogP contribution is -2.52. The number of nitrogens with zero attached hydrogens (tertiary/aromatic N) is 4. The van der Waals surface area contributed by atoms with E-state index < -0.39 is 0 Å². The van der Waals surface area contributed by atoms with Crippen LogP contribution in [0, 0.1) is 0 Å². The second kappa shape index (κ2) is 3.10. The molecule has 2 heterocycles. The van der Waals surface area contributed by atoms with Gasteiger partial charge in [-0.05, 0) is 0 Å². The predicted octanol–water partition coefficient (Wildman–Crippen LogP) is -1.08. The molecule has 0 spiro atoms. The van der Waals surface area contributed by atoms with Crippen LogP contribution in [-0.4, -0.2) is 54.9 Å². The Labute approximate surface area is 71.6 Å². The molecule has 0 saturated carbocycles. The smallest absolute Gasteiger partial charge is 0.156 e. The van der Waals surface area contributed by atoms with Gasteiger partial charge in [0, 0.05) is 13.1 Å². The van der Waals surface area contributed by atoms with Crippen molar-refractivity contribution in [2.45, 2.75) is 6.29 Å². The highest BCUT2D eigenvalue weighted by atomic mass is 15.4. The van der Waals surface area contributed by atoms with Crippen molar-refractivity contribution < 1.29 is 0 Å². The molecular formula is C7H13N5. The zero-order valence-corrected chi connectivity index (χ0v) is 6.93. The molecule has 12 heavy (non-hydrogen) atoms. The van der Waals surface area contributed by atoms with E-state index in [9.17, 15) is 0 Å². The van der Waals surface area contributed by atoms with Crippen molar-refractivity contribution in [3.63, 3.8) is 0 Å². The molecule has 66 valence electrons. The van der Waals surface area contributed by atoms with Crippen molar-refractivity contribution in [1.29, 1.82) is 0 Å². The average Bonchev–Trinajstić information content (AvgIpc) is 2.77. The first-order valence-electron chi connectivity index (χ1n) is 4.15. The van der Waals surface area contributed by atoms with E-state index in [1.54, 1.807) is 0 Å². The van der Waals surface area contributed by atoms with Gasteiger partial charge in [0.2, 0.25) is 0 Å². The Morgan fingerprint density at radius 3 is 1.92 bits per heavy atom. The highest BCUT2D eigenvalue weighted by Crippen LogP contribution is 2.03. The van der Waals surface area contributed by atoms with Crippen molar-refractivity contribution in [2.75, 3.05) is 26.2 Å². The molecule has 0 atom stereocenters. The lowest BCUT2D eigenvalue weighted by molar-refractivity contribution is 0.196. The van der Waals surface area contributed by atoms with E-state index in [2.05, 4.69) is 9.98 Å². The summed E-state index contributed by atoms with van der Waals surface area (Å²) in [5.74, 6) is 0. The number of nitrogens with two attached hydrogens (primary N) is 1. The number of aliphatic imine (C=N–C) groups is 2. The van der Waals surface area contributed by atoms with Gasteiger partial charge in [-0.25, -0.2) is 0 Å². The van der Waals surface area contributed by atoms with Gasteiger partial charge in [-0.15, -0.1) is 0 Å². The molecule has 2 rings (SSSR count). The molecule has 0 aromatic rings. The Bertz CT molecular complexity index is 190. The molecule has 0 aliphatic carbocycles. The van der Waals surface area contributed by atoms with Crippen LogP contribution in [0.5, 0.6) is 0 Å². The summed E-state index contributed by atoms with van der Waals surface area (Å²) in [6.07, 6.45) is 3.55. The third-order valence-electron chi connectivity index (χ3n) is 2.11. The van der Waals surface area contributed by atoms with Crippen molar-refractivity contribution >= 4 is 12.7 Å². The monoisotopic (exact) mass is 167 g/mol. The summed E-state index contributed by atoms with van der Waals surface area (Å²) in [6, 6.07) is 0. The van der Waals surface area contributed by atoms with Crippen LogP contribution < -0.4 is 5.73 Å². The van der Waals surface area contributed by atoms with E-state index in [4.69, 9.17) is 5.73 Å². The van der Waals surface area contributed by atoms with Crippen molar-refractivity contribution in [2.24, 2.45) is 15.7 Å². The van der Waals surface area contributed by atoms with Gasteiger partial charge >= 0.3 is 0 Å². The fourth-order valence-electron chi connectivity index (χ4n) is 1.38. The van der Waals surface area contributed by atoms with Crippen LogP contribution in [0.25, 0.3) is 0 Å². The molecule has 2 aliphatic rings. The van der Waals surface area contributed by atoms with Crippen LogP contribution in [-0.2, 0) is 0 Å². The molecule has 0 unspecified atom stereocenters. The van der Waals surface area contributed by atoms with E-state index in [1.807, 2.05) is 22.5 Å². The van der Waals surface area contributed by atoms with Crippen molar-refractivity contribution in [3.05, 3.63) is 0 Å². The van der Waals surface area contributed by atoms with Crippen LogP contribution in [0.15, 0.2) is 9.98 Å². The third kappa shape index (κ3) is 1.27. The molecule has 5 nitrogen and oxygen atoms in total. The van der Waals surface area contributed by atoms with Gasteiger partial charge < -0.3 is 9.80 Å². The van der Waals surface area contributed by atoms with Crippen LogP contribution in [0.1, 0.15) is 0 Å². The third-order valence-corrected chi connectivity index (χ3v) is 2.11. The molecule has 2 N–H and O–H groups in total. The zero-order valence-electron chi connectivity index (χ0n) is 6.93. The largest absolute Gasteiger partial charge is 0.328 e. The highest BCUT2D eigenvalue weighted by molar-refractivity contribution is 5.61. The minimum absolute atomic E-state index is 0.0810. The first kappa shape index (κ1) is 7.54. The number of rotatable bonds is 2. The second-order valence-corrected chi connectivity index (χ2v) is 2.93. The first-order chi connectivity index (χ1) is 5.88. The summed E-state index contributed by atoms with van der Waals surface area (Å²) in [6.45, 7) is 3.56. The average molecular weight is 167 g/mol. The van der Waals surface area contributed by atoms with Gasteiger partial charge in [0.1, 0.15) is 0 Å². The summed E-state index contributed by atoms with van der Waals surface area (Å²) in [5.41, 5.74) is 5.95. The maximum atomic E-state index is 5.95. The topological polar surface area (TPSA) is 57.2 Å². The van der Waals surface area contributed by atoms with Crippen LogP contribution in [0.3, 0.4) is 0 Å². The molecule has 0 saturated heterocycles. The summed E-state index contributed by atoms with van der Waals surface area (Å²) >= 11 is 0. The second-order valence-electron chi connectivity index (χ2n) is 2.93. The van der Waals surface area contributed by atoms with Gasteiger partial charge in [0.25, 0.3) is 0 Å². The van der Waals surface area contributed by atoms with Gasteiger partial charge in [-0.1, -0.05) is 0 Å². The minimum atomic E-state index is -0.0810. The maximum absolute atomic E-state index is 5.95. The normalized spacial score (nSPS) is 21.8. The van der Waals surface area contributed by atoms with Gasteiger partial charge in [-0.3, -0.25) is 15.7 Å². The highest BCUT2D eigenvalue weighted by Gasteiger charge is 2.20. The molecule has 5 heteroatoms. The molecule has 0 fully saturated rings. The van der Waals surface area contributed by atoms with E-state index in [0.717, 1.165) is 26.2 Å². The van der Waals surface area contributed by atoms with E-state index in [-0.39, 0.29) is 6.29 Å². The Morgan fingerprint density at radius 1 is 1.08 bits per heavy atom. The fourth-order valence-corrected chi connectivity index (χ4v) is 1.38. The Kier molecular flexibility index (Phi) is 1.95. The van der Waals surface area contributed by atoms with Crippen molar-refractivity contribution in [3.8, 4) is 0 Å². The summed E-state index contributed by atoms with van der Waals surface area (Å²) in [5, 5.41) is 0. The van der Waals surface area contributed by atoms with Crippen molar-refractivity contribution in [1.82, 2.24) is 9.80 Å². The van der Waals surface area contributed by atoms with E-state index >= 15 is 0 Å². The lowest BCUT2D eigenvalue weighted by Gasteiger charge is -2.30. The number of hydrogen-bond acceptors (Lipinski definition) is 5. The minimum Gasteiger partial charge on any atom is -0.328 e. The number of hydrogen-bond donors (Lipinski definition) is 1. The molecule has 0 amide bonds. The maximum Gasteiger partial charge on any atom is 0.156 e. The fraction of sp³-hybridized carbons (Fsp3) is 0.714. The van der Waals surface area contributed by atoms with Gasteiger partial charge in [0.15, 0.2) is 6.29 Å². The molecule has 2 aliphatic heterocycles. The standard InChI is InChI=1S/C7H13N5/c8-7(11-3-1-9-5-11)12-4-2-10-6-12/h5-7H,1-4,8H2. The van der Waals surface area contributed by atoms with E-state index in [1.165, 1.54) is 0 Å². The Balaban J connectivity index is 1.94. The van der Waals surface area contributed by atoms with Crippen LogP contribution >= 0.6 is 0 Å². The van der Waals surface area contributed by atoms with Crippen LogP contribution in [0.4, 0.5) is 0 Å². The molecule has 0 aromatic heterocycles. The van der Waals surface area contributed by atoms with Gasteiger partial charge in [-0.2, -0.15) is 0 Å². The van der Waals surface area contributed by atoms with Gasteiger partial charge in [0.05, 0.1) is 25.8 Å². The molecular weight excluding hydrogens is 154 g/mol. The zero-order chi connectivity index (χ0) is 8.39. The summed E-state index contributed by atoms with van der Waals surface area (Å²) in [7, 11) is 0.